The number of rotatable bonds is 5. The standard InChI is InChI=1S/C23H24N2O4S/c1-15-18(24-23(29-15)21-3-2-12-30-21)14-25-8-6-16(7-9-25)22(26)17-4-5-19-20(13-17)28-11-10-27-19/h2-5,12-13,16H,6-11,14H2,1H3. The molecular formula is C23H24N2O4S. The molecular weight excluding hydrogens is 400 g/mol. The van der Waals surface area contributed by atoms with Crippen LogP contribution in [0, 0.1) is 12.8 Å². The molecule has 2 aliphatic rings. The predicted octanol–water partition coefficient (Wildman–Crippen LogP) is 4.58. The number of Topliss-reactive ketones (excluding diaryl/α,β-unsaturated/α-hetero) is 1. The number of piperidine rings is 1. The van der Waals surface area contributed by atoms with Gasteiger partial charge in [-0.3, -0.25) is 9.69 Å². The number of oxazole rings is 1. The number of nitrogens with zero attached hydrogens (tertiary/aromatic N) is 2. The van der Waals surface area contributed by atoms with E-state index in [0.717, 1.165) is 54.6 Å². The quantitative estimate of drug-likeness (QED) is 0.559. The lowest BCUT2D eigenvalue weighted by atomic mass is 9.88. The number of aryl methyl sites for hydroxylation is 1. The van der Waals surface area contributed by atoms with Crippen molar-refractivity contribution in [3.05, 3.63) is 52.7 Å². The fraction of sp³-hybridized carbons (Fsp3) is 0.391. The maximum atomic E-state index is 13.0. The summed E-state index contributed by atoms with van der Waals surface area (Å²) in [5.74, 6) is 3.20. The summed E-state index contributed by atoms with van der Waals surface area (Å²) >= 11 is 1.63. The minimum absolute atomic E-state index is 0.0453. The third kappa shape index (κ3) is 3.87. The number of ketones is 1. The summed E-state index contributed by atoms with van der Waals surface area (Å²) in [7, 11) is 0. The van der Waals surface area contributed by atoms with Crippen molar-refractivity contribution in [1.29, 1.82) is 0 Å². The Kier molecular flexibility index (Phi) is 5.31. The topological polar surface area (TPSA) is 64.8 Å². The Morgan fingerprint density at radius 2 is 1.97 bits per heavy atom. The molecule has 1 saturated heterocycles. The number of aromatic nitrogens is 1. The number of likely N-dealkylation sites (tertiary alicyclic amines) is 1. The number of fused-ring (bicyclic) bond motifs is 1. The summed E-state index contributed by atoms with van der Waals surface area (Å²) in [5.41, 5.74) is 1.70. The van der Waals surface area contributed by atoms with E-state index in [0.29, 0.717) is 30.4 Å². The molecule has 156 valence electrons. The van der Waals surface area contributed by atoms with Gasteiger partial charge in [-0.25, -0.2) is 4.98 Å². The zero-order chi connectivity index (χ0) is 20.5. The SMILES string of the molecule is Cc1oc(-c2cccs2)nc1CN1CCC(C(=O)c2ccc3c(c2)OCCO3)CC1. The maximum absolute atomic E-state index is 13.0. The number of benzene rings is 1. The van der Waals surface area contributed by atoms with Crippen molar-refractivity contribution < 1.29 is 18.7 Å². The van der Waals surface area contributed by atoms with Crippen LogP contribution >= 0.6 is 11.3 Å². The minimum Gasteiger partial charge on any atom is -0.486 e. The van der Waals surface area contributed by atoms with Gasteiger partial charge in [-0.05, 0) is 62.5 Å². The van der Waals surface area contributed by atoms with E-state index in [4.69, 9.17) is 18.9 Å². The Balaban J connectivity index is 1.20. The number of thiophene rings is 1. The Morgan fingerprint density at radius 3 is 2.73 bits per heavy atom. The highest BCUT2D eigenvalue weighted by molar-refractivity contribution is 7.13. The molecule has 0 unspecified atom stereocenters. The van der Waals surface area contributed by atoms with Crippen molar-refractivity contribution >= 4 is 17.1 Å². The molecule has 3 aromatic rings. The highest BCUT2D eigenvalue weighted by Gasteiger charge is 2.28. The summed E-state index contributed by atoms with van der Waals surface area (Å²) in [6, 6.07) is 9.55. The van der Waals surface area contributed by atoms with Gasteiger partial charge in [-0.1, -0.05) is 6.07 Å². The highest BCUT2D eigenvalue weighted by Crippen LogP contribution is 2.33. The first kappa shape index (κ1) is 19.3. The van der Waals surface area contributed by atoms with E-state index in [-0.39, 0.29) is 11.7 Å². The van der Waals surface area contributed by atoms with E-state index in [1.807, 2.05) is 42.6 Å². The molecule has 1 aromatic carbocycles. The van der Waals surface area contributed by atoms with Crippen molar-refractivity contribution in [1.82, 2.24) is 9.88 Å². The molecule has 2 aromatic heterocycles. The van der Waals surface area contributed by atoms with Gasteiger partial charge in [0.25, 0.3) is 0 Å². The molecule has 0 saturated carbocycles. The predicted molar refractivity (Wildman–Crippen MR) is 114 cm³/mol. The zero-order valence-corrected chi connectivity index (χ0v) is 17.7. The van der Waals surface area contributed by atoms with Crippen LogP contribution in [0.15, 0.2) is 40.1 Å². The first-order valence-electron chi connectivity index (χ1n) is 10.3. The molecule has 0 atom stereocenters. The van der Waals surface area contributed by atoms with Crippen LogP contribution in [0.25, 0.3) is 10.8 Å². The molecule has 0 radical (unpaired) electrons. The average molecular weight is 425 g/mol. The summed E-state index contributed by atoms with van der Waals surface area (Å²) in [6.45, 7) is 5.56. The Morgan fingerprint density at radius 1 is 1.17 bits per heavy atom. The van der Waals surface area contributed by atoms with Crippen LogP contribution in [0.2, 0.25) is 0 Å². The Hall–Kier alpha value is -2.64. The van der Waals surface area contributed by atoms with E-state index >= 15 is 0 Å². The van der Waals surface area contributed by atoms with Crippen LogP contribution in [0.1, 0.15) is 34.7 Å². The highest BCUT2D eigenvalue weighted by atomic mass is 32.1. The smallest absolute Gasteiger partial charge is 0.236 e. The molecule has 0 spiro atoms. The minimum atomic E-state index is 0.0453. The molecule has 0 amide bonds. The summed E-state index contributed by atoms with van der Waals surface area (Å²) in [5, 5.41) is 2.03. The number of carbonyl (C=O) groups is 1. The van der Waals surface area contributed by atoms with E-state index in [9.17, 15) is 4.79 Å². The van der Waals surface area contributed by atoms with Gasteiger partial charge in [0.2, 0.25) is 5.89 Å². The number of hydrogen-bond donors (Lipinski definition) is 0. The van der Waals surface area contributed by atoms with Gasteiger partial charge in [-0.15, -0.1) is 11.3 Å². The first-order valence-corrected chi connectivity index (χ1v) is 11.2. The lowest BCUT2D eigenvalue weighted by Crippen LogP contribution is -2.36. The van der Waals surface area contributed by atoms with Crippen molar-refractivity contribution in [3.8, 4) is 22.3 Å². The average Bonchev–Trinajstić information content (AvgIpc) is 3.44. The lowest BCUT2D eigenvalue weighted by Gasteiger charge is -2.31. The van der Waals surface area contributed by atoms with Crippen molar-refractivity contribution in [2.45, 2.75) is 26.3 Å². The van der Waals surface area contributed by atoms with E-state index in [1.165, 1.54) is 0 Å². The largest absolute Gasteiger partial charge is 0.486 e. The number of ether oxygens (including phenoxy) is 2. The van der Waals surface area contributed by atoms with Crippen LogP contribution < -0.4 is 9.47 Å². The molecule has 4 heterocycles. The third-order valence-corrected chi connectivity index (χ3v) is 6.64. The molecule has 0 N–H and O–H groups in total. The molecule has 1 fully saturated rings. The van der Waals surface area contributed by atoms with Gasteiger partial charge in [-0.2, -0.15) is 0 Å². The fourth-order valence-corrected chi connectivity index (χ4v) is 4.73. The van der Waals surface area contributed by atoms with Crippen molar-refractivity contribution in [2.75, 3.05) is 26.3 Å². The van der Waals surface area contributed by atoms with Crippen LogP contribution in [0.4, 0.5) is 0 Å². The van der Waals surface area contributed by atoms with Gasteiger partial charge in [0.1, 0.15) is 19.0 Å². The molecule has 5 rings (SSSR count). The van der Waals surface area contributed by atoms with Gasteiger partial charge >= 0.3 is 0 Å². The maximum Gasteiger partial charge on any atom is 0.236 e. The number of hydrogen-bond acceptors (Lipinski definition) is 7. The normalized spacial score (nSPS) is 17.2. The van der Waals surface area contributed by atoms with Crippen LogP contribution in [0.5, 0.6) is 11.5 Å². The van der Waals surface area contributed by atoms with Crippen molar-refractivity contribution in [2.24, 2.45) is 5.92 Å². The van der Waals surface area contributed by atoms with E-state index in [1.54, 1.807) is 11.3 Å². The number of carbonyl (C=O) groups excluding carboxylic acids is 1. The molecule has 6 nitrogen and oxygen atoms in total. The second-order valence-electron chi connectivity index (χ2n) is 7.77. The molecule has 30 heavy (non-hydrogen) atoms. The zero-order valence-electron chi connectivity index (χ0n) is 16.9. The molecule has 2 aliphatic heterocycles. The van der Waals surface area contributed by atoms with Gasteiger partial charge in [0, 0.05) is 18.0 Å². The van der Waals surface area contributed by atoms with Gasteiger partial charge < -0.3 is 13.9 Å². The summed E-state index contributed by atoms with van der Waals surface area (Å²) in [4.78, 5) is 21.1. The van der Waals surface area contributed by atoms with Crippen molar-refractivity contribution in [3.63, 3.8) is 0 Å². The van der Waals surface area contributed by atoms with E-state index in [2.05, 4.69) is 4.90 Å². The molecule has 0 bridgehead atoms. The summed E-state index contributed by atoms with van der Waals surface area (Å²) < 4.78 is 17.0. The fourth-order valence-electron chi connectivity index (χ4n) is 4.08. The molecule has 7 heteroatoms. The monoisotopic (exact) mass is 424 g/mol. The summed E-state index contributed by atoms with van der Waals surface area (Å²) in [6.07, 6.45) is 1.70. The second kappa shape index (κ2) is 8.24. The molecule has 0 aliphatic carbocycles. The van der Waals surface area contributed by atoms with E-state index < -0.39 is 0 Å². The van der Waals surface area contributed by atoms with Gasteiger partial charge in [0.05, 0.1) is 10.6 Å². The van der Waals surface area contributed by atoms with Crippen LogP contribution in [-0.4, -0.2) is 42.0 Å². The third-order valence-electron chi connectivity index (χ3n) is 5.78. The lowest BCUT2D eigenvalue weighted by molar-refractivity contribution is 0.0832. The second-order valence-corrected chi connectivity index (χ2v) is 8.72. The first-order chi connectivity index (χ1) is 14.7. The Bertz CT molecular complexity index is 1040. The Labute approximate surface area is 179 Å². The van der Waals surface area contributed by atoms with Crippen LogP contribution in [-0.2, 0) is 6.54 Å². The van der Waals surface area contributed by atoms with Gasteiger partial charge in [0.15, 0.2) is 17.3 Å². The van der Waals surface area contributed by atoms with Crippen LogP contribution in [0.3, 0.4) is 0 Å².